The lowest BCUT2D eigenvalue weighted by atomic mass is 9.37. The van der Waals surface area contributed by atoms with E-state index in [2.05, 4.69) is 6.92 Å². The molecule has 9 atom stereocenters. The summed E-state index contributed by atoms with van der Waals surface area (Å²) in [5.74, 6) is -0.780. The number of furan rings is 1. The van der Waals surface area contributed by atoms with E-state index >= 15 is 0 Å². The number of ketones is 1. The number of epoxide rings is 1. The van der Waals surface area contributed by atoms with E-state index in [4.69, 9.17) is 23.4 Å². The van der Waals surface area contributed by atoms with E-state index in [0.29, 0.717) is 12.8 Å². The van der Waals surface area contributed by atoms with Gasteiger partial charge in [0.1, 0.15) is 24.1 Å². The maximum Gasteiger partial charge on any atom is 0.339 e. The third-order valence-electron chi connectivity index (χ3n) is 10.7. The van der Waals surface area contributed by atoms with Crippen molar-refractivity contribution >= 4 is 17.7 Å². The van der Waals surface area contributed by atoms with Gasteiger partial charge in [-0.25, -0.2) is 4.79 Å². The number of hydrogen-bond donors (Lipinski definition) is 0. The minimum Gasteiger partial charge on any atom is -0.472 e. The molecule has 3 unspecified atom stereocenters. The van der Waals surface area contributed by atoms with E-state index in [0.717, 1.165) is 12.0 Å². The molecular weight excluding hydrogens is 440 g/mol. The van der Waals surface area contributed by atoms with E-state index in [-0.39, 0.29) is 42.7 Å². The maximum atomic E-state index is 14.2. The minimum absolute atomic E-state index is 0.0677. The Kier molecular flexibility index (Phi) is 3.70. The summed E-state index contributed by atoms with van der Waals surface area (Å²) in [6, 6.07) is 1.81. The van der Waals surface area contributed by atoms with Crippen molar-refractivity contribution in [2.45, 2.75) is 82.9 Å². The summed E-state index contributed by atoms with van der Waals surface area (Å²) >= 11 is 0. The Morgan fingerprint density at radius 3 is 2.50 bits per heavy atom. The molecule has 6 aliphatic rings. The number of carbonyl (C=O) groups excluding carboxylic acids is 3. The van der Waals surface area contributed by atoms with Crippen molar-refractivity contribution in [2.75, 3.05) is 6.61 Å². The van der Waals surface area contributed by atoms with Gasteiger partial charge in [0.2, 0.25) is 0 Å². The van der Waals surface area contributed by atoms with Crippen molar-refractivity contribution in [1.29, 1.82) is 0 Å². The highest BCUT2D eigenvalue weighted by atomic mass is 16.7. The lowest BCUT2D eigenvalue weighted by Gasteiger charge is -2.65. The first-order valence-electron chi connectivity index (χ1n) is 12.3. The van der Waals surface area contributed by atoms with Crippen LogP contribution >= 0.6 is 0 Å². The highest BCUT2D eigenvalue weighted by Crippen LogP contribution is 2.79. The normalized spacial score (nSPS) is 52.4. The predicted octanol–water partition coefficient (Wildman–Crippen LogP) is 3.14. The Hall–Kier alpha value is -2.19. The monoisotopic (exact) mass is 470 g/mol. The van der Waals surface area contributed by atoms with Gasteiger partial charge in [-0.2, -0.15) is 0 Å². The van der Waals surface area contributed by atoms with Crippen molar-refractivity contribution in [3.8, 4) is 0 Å². The fourth-order valence-corrected chi connectivity index (χ4v) is 9.34. The van der Waals surface area contributed by atoms with Crippen molar-refractivity contribution in [3.63, 3.8) is 0 Å². The molecule has 0 aromatic carbocycles. The molecule has 8 heteroatoms. The number of cyclic esters (lactones) is 2. The van der Waals surface area contributed by atoms with Crippen LogP contribution in [0.3, 0.4) is 0 Å². The van der Waals surface area contributed by atoms with Gasteiger partial charge in [-0.1, -0.05) is 6.92 Å². The van der Waals surface area contributed by atoms with Gasteiger partial charge >= 0.3 is 11.9 Å². The van der Waals surface area contributed by atoms with Crippen molar-refractivity contribution < 1.29 is 37.7 Å². The molecule has 0 amide bonds. The average molecular weight is 471 g/mol. The van der Waals surface area contributed by atoms with Gasteiger partial charge in [-0.15, -0.1) is 0 Å². The topological polar surface area (TPSA) is 105 Å². The molecule has 8 nitrogen and oxygen atoms in total. The molecule has 2 saturated carbocycles. The van der Waals surface area contributed by atoms with E-state index in [1.807, 2.05) is 26.8 Å². The van der Waals surface area contributed by atoms with Crippen molar-refractivity contribution in [3.05, 3.63) is 24.2 Å². The molecule has 0 N–H and O–H groups in total. The van der Waals surface area contributed by atoms with Crippen LogP contribution < -0.4 is 0 Å². The highest BCUT2D eigenvalue weighted by molar-refractivity contribution is 5.93. The molecule has 6 fully saturated rings. The number of Topliss-reactive ketones (excluding diaryl/α,β-unsaturated/α-hetero) is 1. The Labute approximate surface area is 197 Å². The van der Waals surface area contributed by atoms with Crippen molar-refractivity contribution in [1.82, 2.24) is 0 Å². The molecule has 0 radical (unpaired) electrons. The highest BCUT2D eigenvalue weighted by Gasteiger charge is 2.89. The first-order valence-corrected chi connectivity index (χ1v) is 12.3. The van der Waals surface area contributed by atoms with Crippen LogP contribution in [0.25, 0.3) is 0 Å². The molecular formula is C26H30O8. The molecule has 5 heterocycles. The van der Waals surface area contributed by atoms with Crippen LogP contribution in [0, 0.1) is 28.1 Å². The SMILES string of the molecule is CC1(C)OC2CC(=O)OC[C@@]23C1CC(=O)[C@]1(C)C3CC[C@@]2(C)[C@H](c3ccoc3)OC(=O)[C@H]3O[C@]321. The van der Waals surface area contributed by atoms with Gasteiger partial charge in [0.15, 0.2) is 6.10 Å². The van der Waals surface area contributed by atoms with Crippen molar-refractivity contribution in [2.24, 2.45) is 28.1 Å². The Morgan fingerprint density at radius 1 is 0.971 bits per heavy atom. The molecule has 182 valence electrons. The average Bonchev–Trinajstić information content (AvgIpc) is 3.26. The zero-order valence-electron chi connectivity index (χ0n) is 19.9. The molecule has 4 saturated heterocycles. The second kappa shape index (κ2) is 5.95. The van der Waals surface area contributed by atoms with Crippen LogP contribution in [0.15, 0.2) is 23.0 Å². The van der Waals surface area contributed by atoms with Crippen LogP contribution in [-0.4, -0.2) is 47.7 Å². The fourth-order valence-electron chi connectivity index (χ4n) is 9.34. The van der Waals surface area contributed by atoms with E-state index in [1.165, 1.54) is 0 Å². The van der Waals surface area contributed by atoms with Crippen LogP contribution in [0.2, 0.25) is 0 Å². The Bertz CT molecular complexity index is 1120. The number of hydrogen-bond acceptors (Lipinski definition) is 8. The zero-order chi connectivity index (χ0) is 23.9. The molecule has 2 aliphatic carbocycles. The second-order valence-electron chi connectivity index (χ2n) is 12.2. The summed E-state index contributed by atoms with van der Waals surface area (Å²) in [6.07, 6.45) is 3.46. The van der Waals surface area contributed by atoms with Gasteiger partial charge in [-0.05, 0) is 45.6 Å². The van der Waals surface area contributed by atoms with Gasteiger partial charge in [0.25, 0.3) is 0 Å². The first kappa shape index (κ1) is 21.1. The summed E-state index contributed by atoms with van der Waals surface area (Å²) in [5, 5.41) is 0. The van der Waals surface area contributed by atoms with Crippen LogP contribution in [-0.2, 0) is 33.3 Å². The molecule has 4 aliphatic heterocycles. The summed E-state index contributed by atoms with van der Waals surface area (Å²) in [6.45, 7) is 8.36. The van der Waals surface area contributed by atoms with Crippen LogP contribution in [0.4, 0.5) is 0 Å². The Morgan fingerprint density at radius 2 is 1.76 bits per heavy atom. The molecule has 0 bridgehead atoms. The number of esters is 2. The molecule has 34 heavy (non-hydrogen) atoms. The number of rotatable bonds is 1. The molecule has 1 aromatic rings. The van der Waals surface area contributed by atoms with E-state index in [1.54, 1.807) is 12.5 Å². The first-order chi connectivity index (χ1) is 16.0. The third-order valence-corrected chi connectivity index (χ3v) is 10.7. The lowest BCUT2D eigenvalue weighted by molar-refractivity contribution is -0.225. The Balaban J connectivity index is 1.41. The molecule has 1 aromatic heterocycles. The zero-order valence-corrected chi connectivity index (χ0v) is 19.9. The summed E-state index contributed by atoms with van der Waals surface area (Å²) in [4.78, 5) is 39.7. The number of fused-ring (bicyclic) bond motifs is 1. The second-order valence-corrected chi connectivity index (χ2v) is 12.2. The molecule has 7 rings (SSSR count). The summed E-state index contributed by atoms with van der Waals surface area (Å²) in [5.41, 5.74) is -2.78. The lowest BCUT2D eigenvalue weighted by Crippen LogP contribution is -2.72. The van der Waals surface area contributed by atoms with E-state index < -0.39 is 45.6 Å². The standard InChI is InChI=1S/C26H30O8/c1-22(2)15-9-16(27)24(4)14(25(15)12-31-18(28)10-17(25)33-22)5-7-23(3)19(13-6-8-30-11-13)32-21(29)20-26(23,24)34-20/h6,8,11,14-15,17,19-20H,5,7,9-10,12H2,1-4H3/t14?,15?,17?,19-,20+,23-,24-,25+,26+/m0/s1. The van der Waals surface area contributed by atoms with Gasteiger partial charge in [-0.3, -0.25) is 9.59 Å². The number of carbonyl (C=O) groups is 3. The van der Waals surface area contributed by atoms with Gasteiger partial charge in [0.05, 0.1) is 36.1 Å². The maximum absolute atomic E-state index is 14.2. The minimum atomic E-state index is -0.976. The predicted molar refractivity (Wildman–Crippen MR) is 114 cm³/mol. The summed E-state index contributed by atoms with van der Waals surface area (Å²) < 4.78 is 29.8. The smallest absolute Gasteiger partial charge is 0.339 e. The fraction of sp³-hybridized carbons (Fsp3) is 0.731. The van der Waals surface area contributed by atoms with Gasteiger partial charge < -0.3 is 23.4 Å². The third kappa shape index (κ3) is 2.02. The quantitative estimate of drug-likeness (QED) is 0.455. The van der Waals surface area contributed by atoms with Gasteiger partial charge in [0, 0.05) is 28.7 Å². The molecule has 2 spiro atoms. The largest absolute Gasteiger partial charge is 0.472 e. The number of ether oxygens (including phenoxy) is 4. The summed E-state index contributed by atoms with van der Waals surface area (Å²) in [7, 11) is 0. The van der Waals surface area contributed by atoms with Crippen LogP contribution in [0.5, 0.6) is 0 Å². The van der Waals surface area contributed by atoms with E-state index in [9.17, 15) is 14.4 Å². The van der Waals surface area contributed by atoms with Crippen LogP contribution in [0.1, 0.15) is 65.0 Å².